The molecule has 1 heterocycles. The van der Waals surface area contributed by atoms with Gasteiger partial charge in [-0.1, -0.05) is 6.92 Å². The first-order valence-electron chi connectivity index (χ1n) is 6.35. The second-order valence-corrected chi connectivity index (χ2v) is 4.48. The molecular weight excluding hydrogens is 216 g/mol. The summed E-state index contributed by atoms with van der Waals surface area (Å²) in [7, 11) is 0. The monoisotopic (exact) mass is 236 g/mol. The van der Waals surface area contributed by atoms with Crippen LogP contribution in [0.2, 0.25) is 0 Å². The van der Waals surface area contributed by atoms with E-state index in [2.05, 4.69) is 0 Å². The number of hydrogen-bond donors (Lipinski definition) is 1. The molecule has 0 radical (unpaired) electrons. The van der Waals surface area contributed by atoms with Gasteiger partial charge < -0.3 is 15.1 Å². The molecule has 0 aromatic carbocycles. The Bertz CT molecular complexity index is 383. The lowest BCUT2D eigenvalue weighted by molar-refractivity contribution is 0.0586. The maximum absolute atomic E-state index is 12.4. The maximum Gasteiger partial charge on any atom is 0.257 e. The Morgan fingerprint density at radius 3 is 2.88 bits per heavy atom. The van der Waals surface area contributed by atoms with Gasteiger partial charge in [0, 0.05) is 25.6 Å². The second-order valence-electron chi connectivity index (χ2n) is 4.48. The predicted molar refractivity (Wildman–Crippen MR) is 65.8 cm³/mol. The van der Waals surface area contributed by atoms with E-state index in [-0.39, 0.29) is 5.91 Å². The molecule has 1 aromatic rings. The van der Waals surface area contributed by atoms with Crippen molar-refractivity contribution < 1.29 is 9.21 Å². The Kier molecular flexibility index (Phi) is 3.84. The van der Waals surface area contributed by atoms with Crippen LogP contribution in [0.3, 0.4) is 0 Å². The van der Waals surface area contributed by atoms with E-state index in [9.17, 15) is 4.79 Å². The Hall–Kier alpha value is -1.29. The zero-order chi connectivity index (χ0) is 12.3. The lowest BCUT2D eigenvalue weighted by atomic mass is 9.91. The largest absolute Gasteiger partial charge is 0.469 e. The smallest absolute Gasteiger partial charge is 0.257 e. The summed E-state index contributed by atoms with van der Waals surface area (Å²) >= 11 is 0. The van der Waals surface area contributed by atoms with Crippen molar-refractivity contribution in [1.29, 1.82) is 0 Å². The van der Waals surface area contributed by atoms with Crippen molar-refractivity contribution in [2.75, 3.05) is 13.1 Å². The van der Waals surface area contributed by atoms with Crippen LogP contribution in [0.15, 0.2) is 16.7 Å². The fourth-order valence-corrected chi connectivity index (χ4v) is 2.25. The third kappa shape index (κ3) is 2.36. The van der Waals surface area contributed by atoms with Crippen LogP contribution in [0.25, 0.3) is 0 Å². The van der Waals surface area contributed by atoms with E-state index < -0.39 is 0 Å². The number of carbonyl (C=O) groups is 1. The summed E-state index contributed by atoms with van der Waals surface area (Å²) in [5.74, 6) is 0.849. The summed E-state index contributed by atoms with van der Waals surface area (Å²) < 4.78 is 5.32. The van der Waals surface area contributed by atoms with Gasteiger partial charge in [0.2, 0.25) is 0 Å². The SMILES string of the molecule is CCc1occc1C(=O)N(CCN)C1CCC1. The van der Waals surface area contributed by atoms with Gasteiger partial charge in [0.05, 0.1) is 11.8 Å². The minimum atomic E-state index is 0.0748. The molecule has 1 fully saturated rings. The molecule has 4 heteroatoms. The normalized spacial score (nSPS) is 15.6. The molecule has 1 saturated carbocycles. The van der Waals surface area contributed by atoms with Gasteiger partial charge >= 0.3 is 0 Å². The van der Waals surface area contributed by atoms with E-state index in [0.717, 1.165) is 25.0 Å². The minimum Gasteiger partial charge on any atom is -0.469 e. The summed E-state index contributed by atoms with van der Waals surface area (Å²) in [5, 5.41) is 0. The molecule has 1 amide bonds. The third-order valence-corrected chi connectivity index (χ3v) is 3.44. The van der Waals surface area contributed by atoms with E-state index in [1.807, 2.05) is 11.8 Å². The molecule has 0 unspecified atom stereocenters. The average Bonchev–Trinajstić information content (AvgIpc) is 2.73. The van der Waals surface area contributed by atoms with Gasteiger partial charge in [-0.2, -0.15) is 0 Å². The van der Waals surface area contributed by atoms with Crippen molar-refractivity contribution in [3.63, 3.8) is 0 Å². The van der Waals surface area contributed by atoms with Crippen molar-refractivity contribution in [3.05, 3.63) is 23.7 Å². The molecule has 1 aliphatic carbocycles. The van der Waals surface area contributed by atoms with E-state index >= 15 is 0 Å². The molecule has 0 atom stereocenters. The van der Waals surface area contributed by atoms with Crippen LogP contribution in [-0.4, -0.2) is 29.9 Å². The Morgan fingerprint density at radius 1 is 1.59 bits per heavy atom. The zero-order valence-electron chi connectivity index (χ0n) is 10.3. The van der Waals surface area contributed by atoms with E-state index in [1.54, 1.807) is 12.3 Å². The van der Waals surface area contributed by atoms with Crippen molar-refractivity contribution in [2.24, 2.45) is 5.73 Å². The van der Waals surface area contributed by atoms with Gasteiger partial charge in [-0.15, -0.1) is 0 Å². The molecule has 2 rings (SSSR count). The summed E-state index contributed by atoms with van der Waals surface area (Å²) in [6.45, 7) is 3.14. The fraction of sp³-hybridized carbons (Fsp3) is 0.615. The average molecular weight is 236 g/mol. The van der Waals surface area contributed by atoms with Crippen LogP contribution in [0.5, 0.6) is 0 Å². The van der Waals surface area contributed by atoms with Gasteiger partial charge in [0.15, 0.2) is 0 Å². The lowest BCUT2D eigenvalue weighted by Gasteiger charge is -2.37. The summed E-state index contributed by atoms with van der Waals surface area (Å²) in [6.07, 6.45) is 5.75. The van der Waals surface area contributed by atoms with E-state index in [0.29, 0.717) is 24.7 Å². The van der Waals surface area contributed by atoms with Crippen molar-refractivity contribution >= 4 is 5.91 Å². The Labute approximate surface area is 102 Å². The molecule has 0 saturated heterocycles. The molecular formula is C13H20N2O2. The molecule has 1 aliphatic rings. The van der Waals surface area contributed by atoms with Crippen LogP contribution in [0.1, 0.15) is 42.3 Å². The second kappa shape index (κ2) is 5.36. The van der Waals surface area contributed by atoms with Gasteiger partial charge in [0.1, 0.15) is 5.76 Å². The molecule has 94 valence electrons. The summed E-state index contributed by atoms with van der Waals surface area (Å²) in [5.41, 5.74) is 6.29. The maximum atomic E-state index is 12.4. The van der Waals surface area contributed by atoms with Crippen molar-refractivity contribution in [3.8, 4) is 0 Å². The van der Waals surface area contributed by atoms with Gasteiger partial charge in [0.25, 0.3) is 5.91 Å². The molecule has 4 nitrogen and oxygen atoms in total. The van der Waals surface area contributed by atoms with Gasteiger partial charge in [-0.3, -0.25) is 4.79 Å². The van der Waals surface area contributed by atoms with Crippen LogP contribution in [-0.2, 0) is 6.42 Å². The number of nitrogens with zero attached hydrogens (tertiary/aromatic N) is 1. The van der Waals surface area contributed by atoms with Crippen LogP contribution in [0, 0.1) is 0 Å². The standard InChI is InChI=1S/C13H20N2O2/c1-2-12-11(6-9-17-12)13(16)15(8-7-14)10-4-3-5-10/h6,9-10H,2-5,7-8,14H2,1H3. The van der Waals surface area contributed by atoms with E-state index in [1.165, 1.54) is 6.42 Å². The van der Waals surface area contributed by atoms with Crippen molar-refractivity contribution in [1.82, 2.24) is 4.90 Å². The summed E-state index contributed by atoms with van der Waals surface area (Å²) in [4.78, 5) is 14.3. The Morgan fingerprint density at radius 2 is 2.35 bits per heavy atom. The van der Waals surface area contributed by atoms with Crippen LogP contribution < -0.4 is 5.73 Å². The first-order valence-corrected chi connectivity index (χ1v) is 6.35. The number of furan rings is 1. The van der Waals surface area contributed by atoms with Crippen LogP contribution >= 0.6 is 0 Å². The number of hydrogen-bond acceptors (Lipinski definition) is 3. The molecule has 1 aromatic heterocycles. The molecule has 17 heavy (non-hydrogen) atoms. The third-order valence-electron chi connectivity index (χ3n) is 3.44. The number of carbonyl (C=O) groups excluding carboxylic acids is 1. The molecule has 2 N–H and O–H groups in total. The molecule has 0 spiro atoms. The highest BCUT2D eigenvalue weighted by molar-refractivity contribution is 5.95. The fourth-order valence-electron chi connectivity index (χ4n) is 2.25. The Balaban J connectivity index is 2.15. The van der Waals surface area contributed by atoms with Gasteiger partial charge in [-0.05, 0) is 25.3 Å². The highest BCUT2D eigenvalue weighted by Crippen LogP contribution is 2.26. The first kappa shape index (κ1) is 12.2. The van der Waals surface area contributed by atoms with Gasteiger partial charge in [-0.25, -0.2) is 0 Å². The number of rotatable bonds is 5. The zero-order valence-corrected chi connectivity index (χ0v) is 10.3. The topological polar surface area (TPSA) is 59.5 Å². The van der Waals surface area contributed by atoms with E-state index in [4.69, 9.17) is 10.2 Å². The number of aryl methyl sites for hydroxylation is 1. The first-order chi connectivity index (χ1) is 8.27. The number of amides is 1. The molecule has 0 aliphatic heterocycles. The highest BCUT2D eigenvalue weighted by Gasteiger charge is 2.30. The van der Waals surface area contributed by atoms with Crippen molar-refractivity contribution in [2.45, 2.75) is 38.6 Å². The quantitative estimate of drug-likeness (QED) is 0.848. The summed E-state index contributed by atoms with van der Waals surface area (Å²) in [6, 6.07) is 2.15. The number of nitrogens with two attached hydrogens (primary N) is 1. The predicted octanol–water partition coefficient (Wildman–Crippen LogP) is 1.80. The molecule has 0 bridgehead atoms. The van der Waals surface area contributed by atoms with Crippen LogP contribution in [0.4, 0.5) is 0 Å². The highest BCUT2D eigenvalue weighted by atomic mass is 16.3. The lowest BCUT2D eigenvalue weighted by Crippen LogP contribution is -2.46. The minimum absolute atomic E-state index is 0.0748.